The number of anilines is 1. The van der Waals surface area contributed by atoms with Gasteiger partial charge in [0.25, 0.3) is 0 Å². The largest absolute Gasteiger partial charge is 0.490 e. The van der Waals surface area contributed by atoms with Crippen LogP contribution in [0.25, 0.3) is 6.08 Å². The second kappa shape index (κ2) is 12.0. The zero-order valence-electron chi connectivity index (χ0n) is 17.4. The first kappa shape index (κ1) is 25.0. The third-order valence-corrected chi connectivity index (χ3v) is 5.26. The van der Waals surface area contributed by atoms with Crippen molar-refractivity contribution < 1.29 is 31.5 Å². The Hall–Kier alpha value is -3.24. The molecule has 7 nitrogen and oxygen atoms in total. The van der Waals surface area contributed by atoms with Crippen LogP contribution in [0.5, 0.6) is 11.5 Å². The van der Waals surface area contributed by atoms with Gasteiger partial charge < -0.3 is 14.8 Å². The molecule has 2 aromatic rings. The highest BCUT2D eigenvalue weighted by molar-refractivity contribution is 7.88. The third kappa shape index (κ3) is 8.48. The summed E-state index contributed by atoms with van der Waals surface area (Å²) in [6, 6.07) is 10.7. The molecule has 0 fully saturated rings. The standard InChI is InChI=1S/C22H24F2N2O5S/c1-3-13-25-32(28,29)15-17-5-9-18(10-6-17)26-21(27)12-8-16-7-11-19(31-22(23)24)20(14-16)30-4-2/h3,5-12,14,22,25H,1,4,13,15H2,2H3,(H,26,27)/b12-8+. The predicted octanol–water partition coefficient (Wildman–Crippen LogP) is 3.94. The molecule has 0 bridgehead atoms. The van der Waals surface area contributed by atoms with Crippen LogP contribution in [-0.4, -0.2) is 34.1 Å². The van der Waals surface area contributed by atoms with Crippen molar-refractivity contribution in [2.75, 3.05) is 18.5 Å². The number of amides is 1. The molecule has 0 atom stereocenters. The SMILES string of the molecule is C=CCNS(=O)(=O)Cc1ccc(NC(=O)/C=C/c2ccc(OC(F)F)c(OCC)c2)cc1. The molecule has 0 heterocycles. The van der Waals surface area contributed by atoms with Crippen LogP contribution in [0, 0.1) is 0 Å². The molecule has 2 N–H and O–H groups in total. The van der Waals surface area contributed by atoms with Crippen LogP contribution in [0.15, 0.2) is 61.2 Å². The number of hydrogen-bond donors (Lipinski definition) is 2. The minimum Gasteiger partial charge on any atom is -0.490 e. The molecule has 0 spiro atoms. The number of nitrogens with one attached hydrogen (secondary N) is 2. The van der Waals surface area contributed by atoms with Gasteiger partial charge in [0, 0.05) is 18.3 Å². The molecule has 0 aliphatic rings. The molecule has 0 radical (unpaired) electrons. The number of sulfonamides is 1. The predicted molar refractivity (Wildman–Crippen MR) is 119 cm³/mol. The quantitative estimate of drug-likeness (QED) is 0.365. The van der Waals surface area contributed by atoms with Crippen LogP contribution in [0.2, 0.25) is 0 Å². The maximum atomic E-state index is 12.5. The Morgan fingerprint density at radius 3 is 2.50 bits per heavy atom. The minimum absolute atomic E-state index is 0.0924. The van der Waals surface area contributed by atoms with Gasteiger partial charge in [-0.25, -0.2) is 13.1 Å². The molecule has 10 heteroatoms. The van der Waals surface area contributed by atoms with E-state index in [1.807, 2.05) is 0 Å². The Morgan fingerprint density at radius 2 is 1.88 bits per heavy atom. The first-order chi connectivity index (χ1) is 15.2. The summed E-state index contributed by atoms with van der Waals surface area (Å²) in [5.74, 6) is -0.569. The van der Waals surface area contributed by atoms with E-state index in [1.165, 1.54) is 36.4 Å². The van der Waals surface area contributed by atoms with Gasteiger partial charge >= 0.3 is 6.61 Å². The van der Waals surface area contributed by atoms with E-state index in [0.29, 0.717) is 16.8 Å². The fraction of sp³-hybridized carbons (Fsp3) is 0.227. The molecule has 0 aromatic heterocycles. The summed E-state index contributed by atoms with van der Waals surface area (Å²) in [4.78, 5) is 12.2. The summed E-state index contributed by atoms with van der Waals surface area (Å²) in [6.45, 7) is 2.60. The summed E-state index contributed by atoms with van der Waals surface area (Å²) >= 11 is 0. The molecule has 0 aliphatic heterocycles. The van der Waals surface area contributed by atoms with Gasteiger partial charge in [-0.2, -0.15) is 8.78 Å². The lowest BCUT2D eigenvalue weighted by Gasteiger charge is -2.11. The van der Waals surface area contributed by atoms with E-state index >= 15 is 0 Å². The molecule has 0 aliphatic carbocycles. The molecule has 2 aromatic carbocycles. The maximum absolute atomic E-state index is 12.5. The normalized spacial score (nSPS) is 11.5. The number of hydrogen-bond acceptors (Lipinski definition) is 5. The van der Waals surface area contributed by atoms with Crippen molar-refractivity contribution in [2.45, 2.75) is 19.3 Å². The van der Waals surface area contributed by atoms with E-state index < -0.39 is 22.5 Å². The first-order valence-corrected chi connectivity index (χ1v) is 11.3. The minimum atomic E-state index is -3.47. The lowest BCUT2D eigenvalue weighted by molar-refractivity contribution is -0.111. The van der Waals surface area contributed by atoms with E-state index in [9.17, 15) is 22.0 Å². The fourth-order valence-electron chi connectivity index (χ4n) is 2.59. The van der Waals surface area contributed by atoms with Crippen molar-refractivity contribution in [3.05, 3.63) is 72.3 Å². The van der Waals surface area contributed by atoms with Gasteiger partial charge in [-0.3, -0.25) is 4.79 Å². The van der Waals surface area contributed by atoms with Gasteiger partial charge in [-0.1, -0.05) is 24.3 Å². The maximum Gasteiger partial charge on any atom is 0.387 e. The highest BCUT2D eigenvalue weighted by atomic mass is 32.2. The number of benzene rings is 2. The van der Waals surface area contributed by atoms with Crippen LogP contribution >= 0.6 is 0 Å². The summed E-state index contributed by atoms with van der Waals surface area (Å²) < 4.78 is 60.8. The van der Waals surface area contributed by atoms with Crippen molar-refractivity contribution in [3.63, 3.8) is 0 Å². The van der Waals surface area contributed by atoms with Gasteiger partial charge in [-0.15, -0.1) is 6.58 Å². The summed E-state index contributed by atoms with van der Waals surface area (Å²) in [6.07, 6.45) is 4.22. The van der Waals surface area contributed by atoms with Crippen LogP contribution in [0.3, 0.4) is 0 Å². The molecule has 0 saturated carbocycles. The summed E-state index contributed by atoms with van der Waals surface area (Å²) in [7, 11) is -3.47. The fourth-order valence-corrected chi connectivity index (χ4v) is 3.69. The van der Waals surface area contributed by atoms with E-state index in [-0.39, 0.29) is 30.4 Å². The van der Waals surface area contributed by atoms with E-state index in [1.54, 1.807) is 31.2 Å². The number of alkyl halides is 2. The van der Waals surface area contributed by atoms with Gasteiger partial charge in [0.05, 0.1) is 12.4 Å². The topological polar surface area (TPSA) is 93.7 Å². The Bertz CT molecular complexity index is 1050. The summed E-state index contributed by atoms with van der Waals surface area (Å²) in [5.41, 5.74) is 1.60. The Morgan fingerprint density at radius 1 is 1.16 bits per heavy atom. The number of halogens is 2. The highest BCUT2D eigenvalue weighted by Gasteiger charge is 2.12. The van der Waals surface area contributed by atoms with Gasteiger partial charge in [-0.05, 0) is 48.4 Å². The van der Waals surface area contributed by atoms with Crippen LogP contribution < -0.4 is 19.5 Å². The molecular weight excluding hydrogens is 442 g/mol. The van der Waals surface area contributed by atoms with E-state index in [4.69, 9.17) is 4.74 Å². The molecule has 0 saturated heterocycles. The lowest BCUT2D eigenvalue weighted by atomic mass is 10.2. The zero-order chi connectivity index (χ0) is 23.6. The van der Waals surface area contributed by atoms with E-state index in [0.717, 1.165) is 0 Å². The second-order valence-electron chi connectivity index (χ2n) is 6.43. The van der Waals surface area contributed by atoms with Crippen molar-refractivity contribution in [1.29, 1.82) is 0 Å². The summed E-state index contributed by atoms with van der Waals surface area (Å²) in [5, 5.41) is 2.65. The third-order valence-electron chi connectivity index (χ3n) is 3.94. The van der Waals surface area contributed by atoms with Crippen molar-refractivity contribution in [2.24, 2.45) is 0 Å². The van der Waals surface area contributed by atoms with Crippen molar-refractivity contribution in [1.82, 2.24) is 4.72 Å². The second-order valence-corrected chi connectivity index (χ2v) is 8.24. The number of ether oxygens (including phenoxy) is 2. The Kier molecular flexibility index (Phi) is 9.36. The molecule has 32 heavy (non-hydrogen) atoms. The molecule has 2 rings (SSSR count). The zero-order valence-corrected chi connectivity index (χ0v) is 18.2. The van der Waals surface area contributed by atoms with Crippen LogP contribution in [0.1, 0.15) is 18.1 Å². The number of rotatable bonds is 12. The monoisotopic (exact) mass is 466 g/mol. The molecule has 0 unspecified atom stereocenters. The Labute approximate surface area is 185 Å². The number of carbonyl (C=O) groups is 1. The van der Waals surface area contributed by atoms with Gasteiger partial charge in [0.1, 0.15) is 0 Å². The van der Waals surface area contributed by atoms with Crippen LogP contribution in [0.4, 0.5) is 14.5 Å². The molecule has 1 amide bonds. The van der Waals surface area contributed by atoms with Crippen LogP contribution in [-0.2, 0) is 20.6 Å². The average molecular weight is 467 g/mol. The van der Waals surface area contributed by atoms with E-state index in [2.05, 4.69) is 21.4 Å². The molecular formula is C22H24F2N2O5S. The average Bonchev–Trinajstić information content (AvgIpc) is 2.73. The van der Waals surface area contributed by atoms with Gasteiger partial charge in [0.2, 0.25) is 15.9 Å². The Balaban J connectivity index is 2.00. The highest BCUT2D eigenvalue weighted by Crippen LogP contribution is 2.30. The lowest BCUT2D eigenvalue weighted by Crippen LogP contribution is -2.25. The van der Waals surface area contributed by atoms with Crippen molar-refractivity contribution >= 4 is 27.7 Å². The molecule has 172 valence electrons. The van der Waals surface area contributed by atoms with Crippen molar-refractivity contribution in [3.8, 4) is 11.5 Å². The first-order valence-electron chi connectivity index (χ1n) is 9.60. The van der Waals surface area contributed by atoms with Gasteiger partial charge in [0.15, 0.2) is 11.5 Å². The number of carbonyl (C=O) groups excluding carboxylic acids is 1. The smallest absolute Gasteiger partial charge is 0.387 e.